The number of hydrogen-bond acceptors (Lipinski definition) is 5. The Morgan fingerprint density at radius 3 is 2.48 bits per heavy atom. The second-order valence-corrected chi connectivity index (χ2v) is 5.41. The first-order chi connectivity index (χ1) is 11.9. The minimum atomic E-state index is -0.525. The Bertz CT molecular complexity index is 813. The molecule has 1 N–H and O–H groups in total. The summed E-state index contributed by atoms with van der Waals surface area (Å²) in [5.74, 6) is -0.620. The first kappa shape index (κ1) is 18.2. The van der Waals surface area contributed by atoms with Crippen molar-refractivity contribution in [1.29, 1.82) is 0 Å². The molecule has 6 nitrogen and oxygen atoms in total. The van der Waals surface area contributed by atoms with E-state index in [0.29, 0.717) is 28.1 Å². The number of methoxy groups -OCH3 is 1. The second kappa shape index (κ2) is 8.10. The zero-order valence-electron chi connectivity index (χ0n) is 14.3. The van der Waals surface area contributed by atoms with Crippen LogP contribution in [0, 0.1) is 6.92 Å². The maximum Gasteiger partial charge on any atom is 0.340 e. The predicted octanol–water partition coefficient (Wildman–Crippen LogP) is 3.00. The number of ether oxygens (including phenoxy) is 2. The van der Waals surface area contributed by atoms with Crippen molar-refractivity contribution in [3.05, 3.63) is 59.2 Å². The van der Waals surface area contributed by atoms with Gasteiger partial charge >= 0.3 is 5.97 Å². The van der Waals surface area contributed by atoms with Crippen molar-refractivity contribution in [3.63, 3.8) is 0 Å². The lowest BCUT2D eigenvalue weighted by molar-refractivity contribution is -0.118. The lowest BCUT2D eigenvalue weighted by Gasteiger charge is -2.12. The van der Waals surface area contributed by atoms with Gasteiger partial charge in [0.05, 0.1) is 18.4 Å². The molecule has 0 unspecified atom stereocenters. The van der Waals surface area contributed by atoms with Crippen LogP contribution < -0.4 is 10.1 Å². The highest BCUT2D eigenvalue weighted by molar-refractivity contribution is 6.02. The van der Waals surface area contributed by atoms with Gasteiger partial charge in [0.15, 0.2) is 12.4 Å². The molecule has 0 spiro atoms. The summed E-state index contributed by atoms with van der Waals surface area (Å²) in [6, 6.07) is 11.7. The van der Waals surface area contributed by atoms with Crippen LogP contribution in [0.2, 0.25) is 0 Å². The van der Waals surface area contributed by atoms with Crippen LogP contribution in [0.15, 0.2) is 42.5 Å². The van der Waals surface area contributed by atoms with Crippen molar-refractivity contribution in [2.24, 2.45) is 0 Å². The molecular weight excluding hydrogens is 322 g/mol. The molecule has 0 saturated carbocycles. The first-order valence-corrected chi connectivity index (χ1v) is 7.64. The van der Waals surface area contributed by atoms with Crippen molar-refractivity contribution in [3.8, 4) is 5.75 Å². The van der Waals surface area contributed by atoms with Gasteiger partial charge in [0.1, 0.15) is 5.75 Å². The molecule has 0 fully saturated rings. The number of esters is 1. The fourth-order valence-corrected chi connectivity index (χ4v) is 2.28. The van der Waals surface area contributed by atoms with E-state index in [0.717, 1.165) is 0 Å². The summed E-state index contributed by atoms with van der Waals surface area (Å²) in [5.41, 5.74) is 1.86. The van der Waals surface area contributed by atoms with Crippen LogP contribution in [-0.4, -0.2) is 31.4 Å². The summed E-state index contributed by atoms with van der Waals surface area (Å²) >= 11 is 0. The van der Waals surface area contributed by atoms with E-state index in [2.05, 4.69) is 5.32 Å². The van der Waals surface area contributed by atoms with Crippen LogP contribution in [0.25, 0.3) is 0 Å². The highest BCUT2D eigenvalue weighted by Gasteiger charge is 2.16. The lowest BCUT2D eigenvalue weighted by atomic mass is 10.1. The zero-order valence-corrected chi connectivity index (χ0v) is 14.3. The molecule has 0 heterocycles. The van der Waals surface area contributed by atoms with E-state index in [1.165, 1.54) is 14.0 Å². The number of hydrogen-bond donors (Lipinski definition) is 1. The van der Waals surface area contributed by atoms with Crippen molar-refractivity contribution >= 4 is 23.3 Å². The smallest absolute Gasteiger partial charge is 0.340 e. The molecule has 0 saturated heterocycles. The van der Waals surface area contributed by atoms with E-state index in [1.807, 2.05) is 0 Å². The third kappa shape index (κ3) is 4.67. The molecule has 25 heavy (non-hydrogen) atoms. The molecule has 0 radical (unpaired) electrons. The molecule has 0 bridgehead atoms. The molecule has 6 heteroatoms. The van der Waals surface area contributed by atoms with Crippen molar-refractivity contribution in [2.45, 2.75) is 13.8 Å². The maximum absolute atomic E-state index is 12.1. The number of carbonyl (C=O) groups excluding carboxylic acids is 3. The van der Waals surface area contributed by atoms with Crippen LogP contribution >= 0.6 is 0 Å². The van der Waals surface area contributed by atoms with Gasteiger partial charge in [0.25, 0.3) is 5.91 Å². The molecule has 0 aliphatic heterocycles. The summed E-state index contributed by atoms with van der Waals surface area (Å²) in [4.78, 5) is 35.4. The standard InChI is InChI=1S/C19H19NO5/c1-12-6-4-9-16(18(12)19(23)24-3)20-17(22)11-25-15-8-5-7-14(10-15)13(2)21/h4-10H,11H2,1-3H3,(H,20,22). The molecule has 0 aliphatic carbocycles. The number of benzene rings is 2. The topological polar surface area (TPSA) is 81.7 Å². The van der Waals surface area contributed by atoms with Crippen molar-refractivity contribution < 1.29 is 23.9 Å². The van der Waals surface area contributed by atoms with E-state index in [1.54, 1.807) is 49.4 Å². The molecule has 0 atom stereocenters. The number of aryl methyl sites for hydroxylation is 1. The number of rotatable bonds is 6. The summed E-state index contributed by atoms with van der Waals surface area (Å²) in [5, 5.41) is 2.64. The predicted molar refractivity (Wildman–Crippen MR) is 93.1 cm³/mol. The third-order valence-corrected chi connectivity index (χ3v) is 3.55. The van der Waals surface area contributed by atoms with E-state index >= 15 is 0 Å². The Labute approximate surface area is 145 Å². The second-order valence-electron chi connectivity index (χ2n) is 5.41. The number of Topliss-reactive ketones (excluding diaryl/α,β-unsaturated/α-hetero) is 1. The number of ketones is 1. The summed E-state index contributed by atoms with van der Waals surface area (Å²) < 4.78 is 10.2. The van der Waals surface area contributed by atoms with Crippen LogP contribution in [0.5, 0.6) is 5.75 Å². The van der Waals surface area contributed by atoms with Gasteiger partial charge in [-0.15, -0.1) is 0 Å². The number of amides is 1. The third-order valence-electron chi connectivity index (χ3n) is 3.55. The van der Waals surface area contributed by atoms with E-state index < -0.39 is 11.9 Å². The summed E-state index contributed by atoms with van der Waals surface area (Å²) in [6.07, 6.45) is 0. The van der Waals surface area contributed by atoms with Gasteiger partial charge in [-0.05, 0) is 37.6 Å². The Balaban J connectivity index is 2.06. The summed E-state index contributed by atoms with van der Waals surface area (Å²) in [7, 11) is 1.28. The molecule has 2 rings (SSSR count). The Hall–Kier alpha value is -3.15. The molecule has 130 valence electrons. The van der Waals surface area contributed by atoms with E-state index in [-0.39, 0.29) is 12.4 Å². The molecule has 0 aliphatic rings. The highest BCUT2D eigenvalue weighted by atomic mass is 16.5. The lowest BCUT2D eigenvalue weighted by Crippen LogP contribution is -2.22. The first-order valence-electron chi connectivity index (χ1n) is 7.64. The zero-order chi connectivity index (χ0) is 18.4. The fraction of sp³-hybridized carbons (Fsp3) is 0.211. The number of nitrogens with one attached hydrogen (secondary N) is 1. The largest absolute Gasteiger partial charge is 0.484 e. The monoisotopic (exact) mass is 341 g/mol. The fourth-order valence-electron chi connectivity index (χ4n) is 2.28. The number of anilines is 1. The molecule has 0 aromatic heterocycles. The van der Waals surface area contributed by atoms with Gasteiger partial charge < -0.3 is 14.8 Å². The molecule has 2 aromatic rings. The Kier molecular flexibility index (Phi) is 5.89. The summed E-state index contributed by atoms with van der Waals surface area (Å²) in [6.45, 7) is 2.96. The molecule has 1 amide bonds. The van der Waals surface area contributed by atoms with Crippen LogP contribution in [0.1, 0.15) is 33.2 Å². The van der Waals surface area contributed by atoms with E-state index in [9.17, 15) is 14.4 Å². The van der Waals surface area contributed by atoms with E-state index in [4.69, 9.17) is 9.47 Å². The van der Waals surface area contributed by atoms with Gasteiger partial charge in [-0.3, -0.25) is 9.59 Å². The quantitative estimate of drug-likeness (QED) is 0.645. The maximum atomic E-state index is 12.1. The van der Waals surface area contributed by atoms with Gasteiger partial charge in [0.2, 0.25) is 0 Å². The average Bonchev–Trinajstić information content (AvgIpc) is 2.60. The van der Waals surface area contributed by atoms with Crippen LogP contribution in [0.3, 0.4) is 0 Å². The van der Waals surface area contributed by atoms with Crippen LogP contribution in [-0.2, 0) is 9.53 Å². The van der Waals surface area contributed by atoms with Crippen LogP contribution in [0.4, 0.5) is 5.69 Å². The van der Waals surface area contributed by atoms with Gasteiger partial charge in [-0.25, -0.2) is 4.79 Å². The Morgan fingerprint density at radius 2 is 1.80 bits per heavy atom. The Morgan fingerprint density at radius 1 is 1.08 bits per heavy atom. The van der Waals surface area contributed by atoms with Crippen molar-refractivity contribution in [2.75, 3.05) is 19.0 Å². The molecule has 2 aromatic carbocycles. The minimum Gasteiger partial charge on any atom is -0.484 e. The van der Waals surface area contributed by atoms with Gasteiger partial charge in [-0.1, -0.05) is 24.3 Å². The highest BCUT2D eigenvalue weighted by Crippen LogP contribution is 2.21. The SMILES string of the molecule is COC(=O)c1c(C)cccc1NC(=O)COc1cccc(C(C)=O)c1. The minimum absolute atomic E-state index is 0.0858. The van der Waals surface area contributed by atoms with Crippen molar-refractivity contribution in [1.82, 2.24) is 0 Å². The normalized spacial score (nSPS) is 10.0. The average molecular weight is 341 g/mol. The van der Waals surface area contributed by atoms with Gasteiger partial charge in [0, 0.05) is 5.56 Å². The van der Waals surface area contributed by atoms with Gasteiger partial charge in [-0.2, -0.15) is 0 Å². The number of carbonyl (C=O) groups is 3. The molecular formula is C19H19NO5.